The monoisotopic (exact) mass is 374 g/mol. The molecule has 2 heterocycles. The molecule has 0 fully saturated rings. The quantitative estimate of drug-likeness (QED) is 0.246. The Morgan fingerprint density at radius 1 is 0.864 bits per heavy atom. The predicted octanol–water partition coefficient (Wildman–Crippen LogP) is 0.653. The molecule has 0 aromatic carbocycles. The third kappa shape index (κ3) is 4.50. The Morgan fingerprint density at radius 3 is 1.55 bits per heavy atom. The van der Waals surface area contributed by atoms with Crippen molar-refractivity contribution in [2.45, 2.75) is 0 Å². The molecule has 0 amide bonds. The summed E-state index contributed by atoms with van der Waals surface area (Å²) in [4.78, 5) is 16.5. The van der Waals surface area contributed by atoms with Gasteiger partial charge in [0.05, 0.1) is 0 Å². The van der Waals surface area contributed by atoms with Crippen LogP contribution >= 0.6 is 42.6 Å². The summed E-state index contributed by atoms with van der Waals surface area (Å²) in [7, 11) is 1.97. The minimum absolute atomic E-state index is 0.0294. The highest BCUT2D eigenvalue weighted by atomic mass is 33.1. The van der Waals surface area contributed by atoms with Gasteiger partial charge in [-0.15, -0.1) is 0 Å². The number of amidine groups is 2. The Kier molecular flexibility index (Phi) is 5.50. The van der Waals surface area contributed by atoms with Crippen molar-refractivity contribution in [3.05, 3.63) is 20.9 Å². The van der Waals surface area contributed by atoms with Gasteiger partial charge >= 0.3 is 0 Å². The van der Waals surface area contributed by atoms with Crippen molar-refractivity contribution in [3.8, 4) is 0 Å². The first-order valence-corrected chi connectivity index (χ1v) is 10.6. The summed E-state index contributed by atoms with van der Waals surface area (Å²) in [6, 6.07) is 0. The molecule has 8 nitrogen and oxygen atoms in total. The van der Waals surface area contributed by atoms with Crippen LogP contribution in [0.4, 0.5) is 0 Å². The lowest BCUT2D eigenvalue weighted by atomic mass is 11.0. The van der Waals surface area contributed by atoms with Gasteiger partial charge in [-0.05, 0) is 21.6 Å². The van der Waals surface area contributed by atoms with Crippen LogP contribution in [0.1, 0.15) is 0 Å². The van der Waals surface area contributed by atoms with E-state index < -0.39 is 21.0 Å². The van der Waals surface area contributed by atoms with Gasteiger partial charge in [0.25, 0.3) is 0 Å². The van der Waals surface area contributed by atoms with E-state index in [1.807, 2.05) is 10.8 Å². The predicted molar refractivity (Wildman–Crippen MR) is 107 cm³/mol. The first-order chi connectivity index (χ1) is 10.3. The fraction of sp³-hybridized carbons (Fsp3) is 0. The molecule has 0 bridgehead atoms. The molecule has 0 radical (unpaired) electrons. The zero-order chi connectivity index (χ0) is 16.3. The molecule has 0 aromatic rings. The number of hydrogen-bond acceptors (Lipinski definition) is 6. The van der Waals surface area contributed by atoms with E-state index in [9.17, 15) is 0 Å². The summed E-state index contributed by atoms with van der Waals surface area (Å²) < 4.78 is 0. The third-order valence-corrected chi connectivity index (χ3v) is 6.76. The number of rotatable bonds is 3. The van der Waals surface area contributed by atoms with Crippen molar-refractivity contribution in [1.82, 2.24) is 0 Å². The van der Waals surface area contributed by atoms with E-state index in [-0.39, 0.29) is 11.9 Å². The van der Waals surface area contributed by atoms with Gasteiger partial charge in [0.2, 0.25) is 0 Å². The second-order valence-electron chi connectivity index (χ2n) is 3.80. The highest BCUT2D eigenvalue weighted by Crippen LogP contribution is 2.45. The number of nitrogens with zero attached hydrogens (tertiary/aromatic N) is 4. The molecule has 22 heavy (non-hydrogen) atoms. The zero-order valence-electron chi connectivity index (χ0n) is 11.3. The van der Waals surface area contributed by atoms with Crippen LogP contribution < -0.4 is 22.9 Å². The Morgan fingerprint density at radius 2 is 1.23 bits per heavy atom. The van der Waals surface area contributed by atoms with E-state index in [1.165, 1.54) is 21.6 Å². The molecule has 8 N–H and O–H groups in total. The summed E-state index contributed by atoms with van der Waals surface area (Å²) >= 11 is 0. The molecule has 0 saturated heterocycles. The lowest BCUT2D eigenvalue weighted by Crippen LogP contribution is -2.23. The van der Waals surface area contributed by atoms with Gasteiger partial charge in [-0.25, -0.2) is 9.98 Å². The van der Waals surface area contributed by atoms with Crippen molar-refractivity contribution < 1.29 is 0 Å². The van der Waals surface area contributed by atoms with Gasteiger partial charge < -0.3 is 22.9 Å². The first-order valence-electron chi connectivity index (χ1n) is 5.55. The van der Waals surface area contributed by atoms with Gasteiger partial charge in [-0.2, -0.15) is 9.98 Å². The third-order valence-electron chi connectivity index (χ3n) is 2.03. The first kappa shape index (κ1) is 16.9. The van der Waals surface area contributed by atoms with Gasteiger partial charge in [-0.3, -0.25) is 0 Å². The van der Waals surface area contributed by atoms with Crippen molar-refractivity contribution in [2.75, 3.05) is 0 Å². The molecular weight excluding hydrogens is 360 g/mol. The number of hydrogen-bond donors (Lipinski definition) is 4. The molecule has 0 saturated carbocycles. The Labute approximate surface area is 140 Å². The lowest BCUT2D eigenvalue weighted by Gasteiger charge is -1.96. The molecule has 2 atom stereocenters. The summed E-state index contributed by atoms with van der Waals surface area (Å²) in [6.45, 7) is 0. The number of guanidine groups is 2. The number of nitrogens with two attached hydrogens (primary N) is 4. The molecule has 2 rings (SSSR count). The fourth-order valence-electron chi connectivity index (χ4n) is 1.26. The maximum atomic E-state index is 5.35. The van der Waals surface area contributed by atoms with E-state index >= 15 is 0 Å². The normalized spacial score (nSPS) is 23.3. The molecule has 12 heteroatoms. The minimum atomic E-state index is -0.451. The van der Waals surface area contributed by atoms with Crippen LogP contribution in [0.15, 0.2) is 40.8 Å². The Bertz CT molecular complexity index is 657. The van der Waals surface area contributed by atoms with Crippen LogP contribution in [0.3, 0.4) is 0 Å². The van der Waals surface area contributed by atoms with Crippen LogP contribution in [0, 0.1) is 0 Å². The van der Waals surface area contributed by atoms with Gasteiger partial charge in [0.1, 0.15) is 10.1 Å². The second-order valence-corrected chi connectivity index (χ2v) is 8.89. The van der Waals surface area contributed by atoms with Crippen molar-refractivity contribution in [2.24, 2.45) is 42.9 Å². The Balaban J connectivity index is 2.01. The van der Waals surface area contributed by atoms with Gasteiger partial charge in [0, 0.05) is 10.8 Å². The molecule has 2 aliphatic heterocycles. The van der Waals surface area contributed by atoms with Crippen LogP contribution in [0.5, 0.6) is 0 Å². The van der Waals surface area contributed by atoms with E-state index in [2.05, 4.69) is 31.7 Å². The van der Waals surface area contributed by atoms with Crippen molar-refractivity contribution in [1.29, 1.82) is 0 Å². The summed E-state index contributed by atoms with van der Waals surface area (Å²) in [6.07, 6.45) is 0. The SMILES string of the molecule is C=S1C=C(SSC2=CS(=C)C(N=C(N)N)=N2)N=C1N=C(N)N. The van der Waals surface area contributed by atoms with E-state index in [0.717, 1.165) is 10.1 Å². The lowest BCUT2D eigenvalue weighted by molar-refractivity contribution is 1.46. The van der Waals surface area contributed by atoms with E-state index in [4.69, 9.17) is 22.9 Å². The summed E-state index contributed by atoms with van der Waals surface area (Å²) in [5, 5.41) is 6.40. The minimum Gasteiger partial charge on any atom is -0.370 e. The molecule has 0 aromatic heterocycles. The molecule has 2 aliphatic rings. The molecule has 0 aliphatic carbocycles. The maximum absolute atomic E-state index is 5.35. The highest BCUT2D eigenvalue weighted by molar-refractivity contribution is 8.79. The van der Waals surface area contributed by atoms with Crippen LogP contribution in [0.25, 0.3) is 0 Å². The van der Waals surface area contributed by atoms with Crippen LogP contribution in [-0.4, -0.2) is 34.0 Å². The molecular formula is C10H14N8S4. The van der Waals surface area contributed by atoms with Gasteiger partial charge in [0.15, 0.2) is 22.3 Å². The van der Waals surface area contributed by atoms with Gasteiger partial charge in [-0.1, -0.05) is 32.7 Å². The van der Waals surface area contributed by atoms with Crippen molar-refractivity contribution >= 4 is 76.6 Å². The largest absolute Gasteiger partial charge is 0.370 e. The average molecular weight is 375 g/mol. The average Bonchev–Trinajstić information content (AvgIpc) is 2.90. The summed E-state index contributed by atoms with van der Waals surface area (Å²) in [5.74, 6) is 7.83. The molecule has 118 valence electrons. The topological polar surface area (TPSA) is 154 Å². The number of aliphatic imine (C=N–C) groups is 4. The van der Waals surface area contributed by atoms with Crippen molar-refractivity contribution in [3.63, 3.8) is 0 Å². The standard InChI is InChI=1S/C10H14N8S4/c1-21-3-5(15-9(21)17-7(11)12)19-20-6-4-22(2)10(16-6)18-8(13)14/h3-4H,1-2H2,(H4,11,12,15,17)(H4,13,14,16,18). The molecule has 0 spiro atoms. The summed E-state index contributed by atoms with van der Waals surface area (Å²) in [5.41, 5.74) is 21.4. The Hall–Kier alpha value is -1.50. The fourth-order valence-corrected chi connectivity index (χ4v) is 5.92. The van der Waals surface area contributed by atoms with Crippen LogP contribution in [-0.2, 0) is 0 Å². The second kappa shape index (κ2) is 7.17. The van der Waals surface area contributed by atoms with Crippen LogP contribution in [0.2, 0.25) is 0 Å². The zero-order valence-corrected chi connectivity index (χ0v) is 14.6. The van der Waals surface area contributed by atoms with E-state index in [1.54, 1.807) is 0 Å². The smallest absolute Gasteiger partial charge is 0.193 e. The van der Waals surface area contributed by atoms with E-state index in [0.29, 0.717) is 10.3 Å². The maximum Gasteiger partial charge on any atom is 0.193 e. The highest BCUT2D eigenvalue weighted by Gasteiger charge is 2.16. The molecule has 2 unspecified atom stereocenters.